The molecule has 25 heavy (non-hydrogen) atoms. The van der Waals surface area contributed by atoms with Crippen molar-refractivity contribution in [1.82, 2.24) is 4.90 Å². The van der Waals surface area contributed by atoms with Crippen molar-refractivity contribution in [1.29, 1.82) is 0 Å². The van der Waals surface area contributed by atoms with Crippen LogP contribution in [0.25, 0.3) is 0 Å². The normalized spacial score (nSPS) is 11.0. The van der Waals surface area contributed by atoms with Crippen molar-refractivity contribution in [2.75, 3.05) is 6.54 Å². The van der Waals surface area contributed by atoms with E-state index in [9.17, 15) is 18.0 Å². The molecule has 7 heteroatoms. The van der Waals surface area contributed by atoms with Gasteiger partial charge in [-0.15, -0.1) is 6.42 Å². The lowest BCUT2D eigenvalue weighted by molar-refractivity contribution is -0.137. The third-order valence-corrected chi connectivity index (χ3v) is 3.74. The maximum Gasteiger partial charge on any atom is 0.416 e. The fourth-order valence-electron chi connectivity index (χ4n) is 2.24. The van der Waals surface area contributed by atoms with Crippen molar-refractivity contribution in [2.24, 2.45) is 0 Å². The van der Waals surface area contributed by atoms with Crippen LogP contribution in [0.3, 0.4) is 0 Å². The van der Waals surface area contributed by atoms with Gasteiger partial charge in [0.2, 0.25) is 0 Å². The van der Waals surface area contributed by atoms with Crippen LogP contribution >= 0.6 is 23.2 Å². The van der Waals surface area contributed by atoms with Gasteiger partial charge in [0, 0.05) is 22.2 Å². The van der Waals surface area contributed by atoms with E-state index in [0.717, 1.165) is 12.1 Å². The third kappa shape index (κ3) is 5.15. The Kier molecular flexibility index (Phi) is 5.99. The second kappa shape index (κ2) is 7.81. The van der Waals surface area contributed by atoms with Crippen molar-refractivity contribution < 1.29 is 18.0 Å². The number of carbonyl (C=O) groups is 1. The van der Waals surface area contributed by atoms with Gasteiger partial charge in [-0.25, -0.2) is 0 Å². The minimum absolute atomic E-state index is 0.0702. The number of amides is 1. The van der Waals surface area contributed by atoms with E-state index < -0.39 is 17.6 Å². The molecule has 130 valence electrons. The summed E-state index contributed by atoms with van der Waals surface area (Å²) in [5, 5.41) is 0.547. The largest absolute Gasteiger partial charge is 0.416 e. The number of benzene rings is 2. The number of hydrogen-bond donors (Lipinski definition) is 0. The first-order valence-corrected chi connectivity index (χ1v) is 7.81. The van der Waals surface area contributed by atoms with Crippen molar-refractivity contribution in [3.8, 4) is 12.3 Å². The van der Waals surface area contributed by atoms with Gasteiger partial charge in [0.05, 0.1) is 12.1 Å². The van der Waals surface area contributed by atoms with E-state index in [1.807, 2.05) is 0 Å². The fraction of sp³-hybridized carbons (Fsp3) is 0.167. The number of alkyl halides is 3. The van der Waals surface area contributed by atoms with Gasteiger partial charge in [-0.05, 0) is 35.9 Å². The van der Waals surface area contributed by atoms with Gasteiger partial charge in [-0.2, -0.15) is 13.2 Å². The van der Waals surface area contributed by atoms with Crippen LogP contribution in [0.4, 0.5) is 13.2 Å². The molecule has 0 bridgehead atoms. The van der Waals surface area contributed by atoms with Crippen LogP contribution in [-0.2, 0) is 12.7 Å². The highest BCUT2D eigenvalue weighted by molar-refractivity contribution is 6.35. The first-order chi connectivity index (χ1) is 11.7. The van der Waals surface area contributed by atoms with E-state index in [2.05, 4.69) is 5.92 Å². The first kappa shape index (κ1) is 19.2. The fourth-order valence-corrected chi connectivity index (χ4v) is 2.76. The van der Waals surface area contributed by atoms with Crippen molar-refractivity contribution in [3.05, 3.63) is 69.2 Å². The molecule has 1 amide bonds. The molecule has 0 fully saturated rings. The second-order valence-electron chi connectivity index (χ2n) is 5.22. The predicted octanol–water partition coefficient (Wildman–Crippen LogP) is 5.29. The Bertz CT molecular complexity index is 808. The van der Waals surface area contributed by atoms with Gasteiger partial charge in [0.25, 0.3) is 5.91 Å². The minimum atomic E-state index is -4.46. The molecular formula is C18H12Cl2F3NO. The summed E-state index contributed by atoms with van der Waals surface area (Å²) in [5.74, 6) is 1.86. The quantitative estimate of drug-likeness (QED) is 0.654. The summed E-state index contributed by atoms with van der Waals surface area (Å²) in [4.78, 5) is 13.9. The minimum Gasteiger partial charge on any atom is -0.323 e. The molecule has 2 aromatic rings. The Labute approximate surface area is 153 Å². The number of nitrogens with zero attached hydrogens (tertiary/aromatic N) is 1. The molecular weight excluding hydrogens is 374 g/mol. The topological polar surface area (TPSA) is 20.3 Å². The predicted molar refractivity (Wildman–Crippen MR) is 91.5 cm³/mol. The molecule has 0 aromatic heterocycles. The van der Waals surface area contributed by atoms with E-state index in [4.69, 9.17) is 29.6 Å². The Morgan fingerprint density at radius 2 is 1.76 bits per heavy atom. The van der Waals surface area contributed by atoms with Crippen LogP contribution in [0.15, 0.2) is 42.5 Å². The zero-order valence-corrected chi connectivity index (χ0v) is 14.3. The van der Waals surface area contributed by atoms with E-state index in [-0.39, 0.29) is 28.7 Å². The Hall–Kier alpha value is -2.16. The third-order valence-electron chi connectivity index (χ3n) is 3.31. The lowest BCUT2D eigenvalue weighted by atomic mass is 10.1. The van der Waals surface area contributed by atoms with Gasteiger partial charge < -0.3 is 4.90 Å². The van der Waals surface area contributed by atoms with E-state index in [0.29, 0.717) is 5.56 Å². The summed E-state index contributed by atoms with van der Waals surface area (Å²) in [7, 11) is 0. The number of terminal acetylenes is 1. The summed E-state index contributed by atoms with van der Waals surface area (Å²) in [6, 6.07) is 9.05. The summed E-state index contributed by atoms with van der Waals surface area (Å²) in [6.07, 6.45) is 0.821. The highest BCUT2D eigenvalue weighted by Gasteiger charge is 2.30. The Balaban J connectivity index is 2.30. The molecule has 0 spiro atoms. The van der Waals surface area contributed by atoms with Gasteiger partial charge in [-0.1, -0.05) is 41.3 Å². The SMILES string of the molecule is C#CCN(Cc1cccc(C(F)(F)F)c1)C(=O)c1cc(Cl)cc(Cl)c1. The molecule has 0 unspecified atom stereocenters. The highest BCUT2D eigenvalue weighted by Crippen LogP contribution is 2.30. The van der Waals surface area contributed by atoms with Crippen LogP contribution < -0.4 is 0 Å². The van der Waals surface area contributed by atoms with Gasteiger partial charge in [-0.3, -0.25) is 4.79 Å². The van der Waals surface area contributed by atoms with E-state index in [1.54, 1.807) is 0 Å². The molecule has 0 saturated carbocycles. The van der Waals surface area contributed by atoms with Gasteiger partial charge in [0.15, 0.2) is 0 Å². The lowest BCUT2D eigenvalue weighted by Crippen LogP contribution is -2.31. The summed E-state index contributed by atoms with van der Waals surface area (Å²) >= 11 is 11.8. The summed E-state index contributed by atoms with van der Waals surface area (Å²) in [6.45, 7) is -0.143. The average molecular weight is 386 g/mol. The van der Waals surface area contributed by atoms with Crippen molar-refractivity contribution in [3.63, 3.8) is 0 Å². The summed E-state index contributed by atoms with van der Waals surface area (Å²) < 4.78 is 38.5. The number of carbonyl (C=O) groups excluding carboxylic acids is 1. The molecule has 2 rings (SSSR count). The van der Waals surface area contributed by atoms with E-state index in [1.165, 1.54) is 35.2 Å². The van der Waals surface area contributed by atoms with Crippen LogP contribution in [0, 0.1) is 12.3 Å². The molecule has 2 nitrogen and oxygen atoms in total. The Morgan fingerprint density at radius 1 is 1.12 bits per heavy atom. The molecule has 0 atom stereocenters. The van der Waals surface area contributed by atoms with Crippen LogP contribution in [-0.4, -0.2) is 17.4 Å². The lowest BCUT2D eigenvalue weighted by Gasteiger charge is -2.21. The molecule has 0 aliphatic heterocycles. The average Bonchev–Trinajstić information content (AvgIpc) is 2.52. The molecule has 0 radical (unpaired) electrons. The monoisotopic (exact) mass is 385 g/mol. The zero-order valence-electron chi connectivity index (χ0n) is 12.8. The molecule has 0 saturated heterocycles. The van der Waals surface area contributed by atoms with E-state index >= 15 is 0 Å². The molecule has 2 aromatic carbocycles. The molecule has 0 N–H and O–H groups in total. The van der Waals surface area contributed by atoms with Gasteiger partial charge in [0.1, 0.15) is 0 Å². The maximum atomic E-state index is 12.8. The van der Waals surface area contributed by atoms with Crippen LogP contribution in [0.1, 0.15) is 21.5 Å². The smallest absolute Gasteiger partial charge is 0.323 e. The first-order valence-electron chi connectivity index (χ1n) is 7.05. The van der Waals surface area contributed by atoms with Crippen LogP contribution in [0.2, 0.25) is 10.0 Å². The zero-order chi connectivity index (χ0) is 18.6. The summed E-state index contributed by atoms with van der Waals surface area (Å²) in [5.41, 5.74) is -0.268. The number of halogens is 5. The maximum absolute atomic E-state index is 12.8. The van der Waals surface area contributed by atoms with Crippen molar-refractivity contribution in [2.45, 2.75) is 12.7 Å². The second-order valence-corrected chi connectivity index (χ2v) is 6.09. The molecule has 0 aliphatic rings. The standard InChI is InChI=1S/C18H12Cl2F3NO/c1-2-6-24(17(25)13-8-15(19)10-16(20)9-13)11-12-4-3-5-14(7-12)18(21,22)23/h1,3-5,7-10H,6,11H2. The molecule has 0 heterocycles. The van der Waals surface area contributed by atoms with Crippen molar-refractivity contribution >= 4 is 29.1 Å². The molecule has 0 aliphatic carbocycles. The van der Waals surface area contributed by atoms with Gasteiger partial charge >= 0.3 is 6.18 Å². The Morgan fingerprint density at radius 3 is 2.32 bits per heavy atom. The number of hydrogen-bond acceptors (Lipinski definition) is 1. The van der Waals surface area contributed by atoms with Crippen LogP contribution in [0.5, 0.6) is 0 Å². The number of rotatable bonds is 4. The highest BCUT2D eigenvalue weighted by atomic mass is 35.5.